The second kappa shape index (κ2) is 20.6. The summed E-state index contributed by atoms with van der Waals surface area (Å²) < 4.78 is 23.4. The number of rotatable bonds is 11. The Morgan fingerprint density at radius 3 is 2.26 bits per heavy atom. The van der Waals surface area contributed by atoms with E-state index in [1.54, 1.807) is 36.8 Å². The van der Waals surface area contributed by atoms with E-state index in [0.717, 1.165) is 72.2 Å². The molecular formula is C60H71FN10O6. The van der Waals surface area contributed by atoms with E-state index in [1.807, 2.05) is 26.5 Å². The van der Waals surface area contributed by atoms with Crippen molar-refractivity contribution in [2.45, 2.75) is 153 Å². The largest absolute Gasteiger partial charge is 0.474 e. The number of hydrogen-bond acceptors (Lipinski definition) is 11. The summed E-state index contributed by atoms with van der Waals surface area (Å²) in [6.07, 6.45) is 14.9. The molecular weight excluding hydrogens is 976 g/mol. The lowest BCUT2D eigenvalue weighted by Crippen LogP contribution is -2.59. The third-order valence-electron chi connectivity index (χ3n) is 18.6. The van der Waals surface area contributed by atoms with Gasteiger partial charge in [0.1, 0.15) is 17.4 Å². The van der Waals surface area contributed by atoms with Crippen LogP contribution in [0, 0.1) is 17.2 Å². The van der Waals surface area contributed by atoms with E-state index in [-0.39, 0.29) is 59.5 Å². The molecule has 2 aliphatic carbocycles. The van der Waals surface area contributed by atoms with Gasteiger partial charge in [-0.2, -0.15) is 0 Å². The number of amides is 5. The number of carbonyl (C=O) groups excluding carboxylic acids is 5. The van der Waals surface area contributed by atoms with E-state index in [4.69, 9.17) is 14.7 Å². The predicted octanol–water partition coefficient (Wildman–Crippen LogP) is 8.97. The molecule has 4 saturated heterocycles. The number of ether oxygens (including phenoxy) is 1. The van der Waals surface area contributed by atoms with Crippen molar-refractivity contribution >= 4 is 57.8 Å². The van der Waals surface area contributed by atoms with Crippen LogP contribution in [0.4, 0.5) is 21.6 Å². The molecule has 1 spiro atoms. The van der Waals surface area contributed by atoms with Gasteiger partial charge in [-0.3, -0.25) is 29.3 Å². The van der Waals surface area contributed by atoms with E-state index in [0.29, 0.717) is 107 Å². The van der Waals surface area contributed by atoms with Crippen LogP contribution in [0.15, 0.2) is 73.2 Å². The Kier molecular flexibility index (Phi) is 13.6. The van der Waals surface area contributed by atoms with Gasteiger partial charge in [-0.05, 0) is 146 Å². The maximum absolute atomic E-state index is 15.4. The zero-order valence-electron chi connectivity index (χ0n) is 44.6. The van der Waals surface area contributed by atoms with Crippen molar-refractivity contribution in [3.05, 3.63) is 90.1 Å². The number of imidazole rings is 1. The van der Waals surface area contributed by atoms with Gasteiger partial charge in [-0.25, -0.2) is 19.3 Å². The van der Waals surface area contributed by atoms with Crippen molar-refractivity contribution in [3.63, 3.8) is 0 Å². The number of likely N-dealkylation sites (tertiary alicyclic amines) is 3. The first-order valence-corrected chi connectivity index (χ1v) is 28.4. The van der Waals surface area contributed by atoms with E-state index < -0.39 is 16.7 Å². The number of nitrogens with one attached hydrogen (secondary N) is 2. The molecule has 0 bridgehead atoms. The number of para-hydroxylation sites is 1. The highest BCUT2D eigenvalue weighted by Gasteiger charge is 2.56. The lowest BCUT2D eigenvalue weighted by Gasteiger charge is -2.48. The average Bonchev–Trinajstić information content (AvgIpc) is 4.22. The highest BCUT2D eigenvalue weighted by atomic mass is 19.1. The number of pyridine rings is 2. The van der Waals surface area contributed by atoms with Gasteiger partial charge < -0.3 is 34.2 Å². The molecule has 7 aliphatic rings. The minimum Gasteiger partial charge on any atom is -0.474 e. The Bertz CT molecular complexity index is 3090. The van der Waals surface area contributed by atoms with Crippen LogP contribution in [0.25, 0.3) is 22.3 Å². The predicted molar refractivity (Wildman–Crippen MR) is 290 cm³/mol. The zero-order valence-corrected chi connectivity index (χ0v) is 44.6. The maximum atomic E-state index is 15.4. The minimum absolute atomic E-state index is 0.0623. The molecule has 2 N–H and O–H groups in total. The SMILES string of the molecule is CC(C)n1cnc2cc(-c3ccc4c(c3)N([C@H]3C[C@@H](N5CCCCC5)C3)C(=O)C43CCN(C(=O)C4(C)CCN(C(=O)[C@H]5CC[C@H](Oc6ccc(C7CCC(=O)NC7=O)cn6)CC5)CC4)CC3)nc(Nc3ccccc3F)c21. The Hall–Kier alpha value is -6.75. The van der Waals surface area contributed by atoms with Gasteiger partial charge in [0, 0.05) is 85.6 Å². The summed E-state index contributed by atoms with van der Waals surface area (Å²) in [5.74, 6) is -0.0290. The van der Waals surface area contributed by atoms with Gasteiger partial charge >= 0.3 is 0 Å². The molecule has 8 heterocycles. The highest BCUT2D eigenvalue weighted by molar-refractivity contribution is 6.10. The molecule has 2 aromatic carbocycles. The summed E-state index contributed by atoms with van der Waals surface area (Å²) in [6.45, 7) is 10.5. The van der Waals surface area contributed by atoms with Crippen molar-refractivity contribution in [1.29, 1.82) is 0 Å². The van der Waals surface area contributed by atoms with E-state index in [2.05, 4.69) is 64.4 Å². The van der Waals surface area contributed by atoms with Gasteiger partial charge in [-0.1, -0.05) is 43.7 Å². The fraction of sp³-hybridized carbons (Fsp3) is 0.533. The smallest absolute Gasteiger partial charge is 0.238 e. The Morgan fingerprint density at radius 2 is 1.56 bits per heavy atom. The van der Waals surface area contributed by atoms with Crippen LogP contribution in [0.3, 0.4) is 0 Å². The number of carbonyl (C=O) groups is 5. The topological polar surface area (TPSA) is 175 Å². The number of aromatic nitrogens is 4. The number of anilines is 3. The highest BCUT2D eigenvalue weighted by Crippen LogP contribution is 2.53. The van der Waals surface area contributed by atoms with E-state index >= 15 is 9.18 Å². The van der Waals surface area contributed by atoms with Crippen molar-refractivity contribution in [2.75, 3.05) is 49.5 Å². The van der Waals surface area contributed by atoms with Crippen molar-refractivity contribution in [2.24, 2.45) is 11.3 Å². The Balaban J connectivity index is 0.709. The molecule has 1 atom stereocenters. The van der Waals surface area contributed by atoms with Crippen LogP contribution in [-0.4, -0.2) is 121 Å². The molecule has 5 amide bonds. The number of nitrogens with zero attached hydrogens (tertiary/aromatic N) is 8. The first-order chi connectivity index (χ1) is 37.2. The summed E-state index contributed by atoms with van der Waals surface area (Å²) in [6, 6.07) is 19.1. The number of piperidine rings is 4. The lowest BCUT2D eigenvalue weighted by atomic mass is 9.72. The second-order valence-electron chi connectivity index (χ2n) is 23.6. The van der Waals surface area contributed by atoms with E-state index in [1.165, 1.54) is 25.3 Å². The van der Waals surface area contributed by atoms with Crippen LogP contribution in [0.2, 0.25) is 0 Å². The van der Waals surface area contributed by atoms with Crippen molar-refractivity contribution in [3.8, 4) is 17.1 Å². The zero-order chi connectivity index (χ0) is 53.2. The van der Waals surface area contributed by atoms with Gasteiger partial charge in [0.25, 0.3) is 0 Å². The standard InChI is InChI=1S/C60H71FN10O6/c1-37(2)70-36-63-49-34-48(65-54(53(49)70)64-47-10-6-5-9-46(47)61)39-13-18-45-50(31-39)71(42-32-41(33-42)67-25-7-4-8-26-67)58(76)60(45)23-29-69(30-24-60)57(75)59(3)21-27-68(28-22-59)56(74)38-11-15-43(16-12-38)77-52-20-14-40(35-62-52)44-17-19-51(72)66-55(44)73/h5-6,9-10,13-14,18,20,31,34-38,41-44H,4,7-8,11-12,15-17,19,21-30,32-33H2,1-3H3,(H,64,65)(H,66,72,73)/t38-,41-,42+,43-,44?. The van der Waals surface area contributed by atoms with Gasteiger partial charge in [-0.15, -0.1) is 0 Å². The van der Waals surface area contributed by atoms with Gasteiger partial charge in [0.2, 0.25) is 35.4 Å². The Morgan fingerprint density at radius 1 is 0.818 bits per heavy atom. The van der Waals surface area contributed by atoms with Crippen LogP contribution < -0.4 is 20.3 Å². The molecule has 77 heavy (non-hydrogen) atoms. The molecule has 17 heteroatoms. The summed E-state index contributed by atoms with van der Waals surface area (Å²) >= 11 is 0. The fourth-order valence-electron chi connectivity index (χ4n) is 13.8. The summed E-state index contributed by atoms with van der Waals surface area (Å²) in [5, 5.41) is 5.69. The molecule has 404 valence electrons. The average molecular weight is 1050 g/mol. The normalized spacial score (nSPS) is 25.4. The van der Waals surface area contributed by atoms with Crippen molar-refractivity contribution < 1.29 is 33.1 Å². The van der Waals surface area contributed by atoms with E-state index in [9.17, 15) is 19.2 Å². The monoisotopic (exact) mass is 1050 g/mol. The summed E-state index contributed by atoms with van der Waals surface area (Å²) in [7, 11) is 0. The molecule has 5 aliphatic heterocycles. The summed E-state index contributed by atoms with van der Waals surface area (Å²) in [5.41, 5.74) is 4.69. The van der Waals surface area contributed by atoms with Crippen LogP contribution in [-0.2, 0) is 29.4 Å². The molecule has 16 nitrogen and oxygen atoms in total. The number of fused-ring (bicyclic) bond motifs is 3. The van der Waals surface area contributed by atoms with Gasteiger partial charge in [0.15, 0.2) is 5.82 Å². The molecule has 12 rings (SSSR count). The van der Waals surface area contributed by atoms with Crippen LogP contribution in [0.5, 0.6) is 5.88 Å². The number of hydrogen-bond donors (Lipinski definition) is 2. The Labute approximate surface area is 449 Å². The van der Waals surface area contributed by atoms with Gasteiger partial charge in [0.05, 0.1) is 34.6 Å². The van der Waals surface area contributed by atoms with Crippen molar-refractivity contribution in [1.82, 2.24) is 39.5 Å². The molecule has 2 saturated carbocycles. The quantitative estimate of drug-likeness (QED) is 0.121. The molecule has 3 aromatic heterocycles. The molecule has 6 fully saturated rings. The number of imide groups is 1. The number of benzene rings is 2. The summed E-state index contributed by atoms with van der Waals surface area (Å²) in [4.78, 5) is 91.0. The fourth-order valence-corrected chi connectivity index (χ4v) is 13.8. The van der Waals surface area contributed by atoms with Crippen LogP contribution in [0.1, 0.15) is 140 Å². The number of halogens is 1. The lowest BCUT2D eigenvalue weighted by molar-refractivity contribution is -0.150. The van der Waals surface area contributed by atoms with Crippen LogP contribution >= 0.6 is 0 Å². The molecule has 0 radical (unpaired) electrons. The first kappa shape index (κ1) is 51.0. The third-order valence-corrected chi connectivity index (χ3v) is 18.6. The third kappa shape index (κ3) is 9.53. The molecule has 5 aromatic rings. The minimum atomic E-state index is -0.759. The maximum Gasteiger partial charge on any atom is 0.238 e. The molecule has 1 unspecified atom stereocenters. The first-order valence-electron chi connectivity index (χ1n) is 28.4. The second-order valence-corrected chi connectivity index (χ2v) is 23.6.